The molecule has 0 aliphatic heterocycles. The number of carbonyl (C=O) groups excluding carboxylic acids is 2. The van der Waals surface area contributed by atoms with Crippen LogP contribution in [0.4, 0.5) is 4.79 Å². The smallest absolute Gasteiger partial charge is 0.408 e. The van der Waals surface area contributed by atoms with Gasteiger partial charge in [0.2, 0.25) is 0 Å². The highest BCUT2D eigenvalue weighted by molar-refractivity contribution is 5.88. The minimum Gasteiger partial charge on any atom is -0.497 e. The average molecular weight is 451 g/mol. The van der Waals surface area contributed by atoms with Crippen molar-refractivity contribution in [1.29, 1.82) is 0 Å². The Kier molecular flexibility index (Phi) is 8.41. The summed E-state index contributed by atoms with van der Waals surface area (Å²) in [6.45, 7) is 0.0838. The minimum atomic E-state index is -0.941. The van der Waals surface area contributed by atoms with Gasteiger partial charge in [-0.3, -0.25) is 4.79 Å². The van der Waals surface area contributed by atoms with E-state index in [-0.39, 0.29) is 13.0 Å². The van der Waals surface area contributed by atoms with Gasteiger partial charge in [-0.15, -0.1) is 0 Å². The van der Waals surface area contributed by atoms with Gasteiger partial charge < -0.3 is 24.5 Å². The van der Waals surface area contributed by atoms with Crippen LogP contribution in [0.15, 0.2) is 66.2 Å². The van der Waals surface area contributed by atoms with Gasteiger partial charge >= 0.3 is 6.09 Å². The monoisotopic (exact) mass is 451 g/mol. The lowest BCUT2D eigenvalue weighted by molar-refractivity contribution is -0.123. The number of nitrogens with one attached hydrogen (secondary N) is 3. The van der Waals surface area contributed by atoms with Crippen LogP contribution in [0.25, 0.3) is 0 Å². The number of rotatable bonds is 10. The topological polar surface area (TPSA) is 127 Å². The SMILES string of the molecule is COc1ccc(/C=N\NC(=O)[C@@H](Cc2cnc[nH]2)NC(=O)OCc2ccccc2)c(OC)c1. The fourth-order valence-electron chi connectivity index (χ4n) is 2.90. The summed E-state index contributed by atoms with van der Waals surface area (Å²) in [6.07, 6.45) is 3.96. The summed E-state index contributed by atoms with van der Waals surface area (Å²) < 4.78 is 15.7. The molecule has 1 atom stereocenters. The van der Waals surface area contributed by atoms with Crippen molar-refractivity contribution >= 4 is 18.2 Å². The molecule has 10 heteroatoms. The van der Waals surface area contributed by atoms with Gasteiger partial charge in [-0.05, 0) is 17.7 Å². The lowest BCUT2D eigenvalue weighted by atomic mass is 10.1. The number of ether oxygens (including phenoxy) is 3. The van der Waals surface area contributed by atoms with Crippen molar-refractivity contribution in [2.24, 2.45) is 5.10 Å². The van der Waals surface area contributed by atoms with Gasteiger partial charge in [0.1, 0.15) is 24.1 Å². The summed E-state index contributed by atoms with van der Waals surface area (Å²) in [4.78, 5) is 31.9. The molecule has 1 aromatic heterocycles. The molecule has 33 heavy (non-hydrogen) atoms. The van der Waals surface area contributed by atoms with Gasteiger partial charge in [-0.25, -0.2) is 15.2 Å². The van der Waals surface area contributed by atoms with Gasteiger partial charge in [0.25, 0.3) is 5.91 Å². The van der Waals surface area contributed by atoms with E-state index in [2.05, 4.69) is 25.8 Å². The van der Waals surface area contributed by atoms with Crippen LogP contribution in [0.3, 0.4) is 0 Å². The van der Waals surface area contributed by atoms with E-state index < -0.39 is 18.0 Å². The van der Waals surface area contributed by atoms with Crippen LogP contribution >= 0.6 is 0 Å². The summed E-state index contributed by atoms with van der Waals surface area (Å²) in [6, 6.07) is 13.5. The van der Waals surface area contributed by atoms with Crippen LogP contribution in [0.1, 0.15) is 16.8 Å². The fraction of sp³-hybridized carbons (Fsp3) is 0.217. The molecule has 0 bridgehead atoms. The van der Waals surface area contributed by atoms with Gasteiger partial charge in [-0.2, -0.15) is 5.10 Å². The Balaban J connectivity index is 1.62. The number of imidazole rings is 1. The first-order valence-electron chi connectivity index (χ1n) is 10.1. The van der Waals surface area contributed by atoms with E-state index in [0.29, 0.717) is 22.8 Å². The molecule has 0 spiro atoms. The predicted octanol–water partition coefficient (Wildman–Crippen LogP) is 2.41. The van der Waals surface area contributed by atoms with E-state index >= 15 is 0 Å². The van der Waals surface area contributed by atoms with Gasteiger partial charge in [0, 0.05) is 29.9 Å². The molecule has 3 N–H and O–H groups in total. The van der Waals surface area contributed by atoms with Crippen LogP contribution in [0, 0.1) is 0 Å². The molecular weight excluding hydrogens is 426 g/mol. The normalized spacial score (nSPS) is 11.6. The van der Waals surface area contributed by atoms with Crippen LogP contribution < -0.4 is 20.2 Å². The second-order valence-corrected chi connectivity index (χ2v) is 6.88. The molecule has 0 radical (unpaired) electrons. The van der Waals surface area contributed by atoms with Crippen LogP contribution in [0.5, 0.6) is 11.5 Å². The van der Waals surface area contributed by atoms with Crippen LogP contribution in [0.2, 0.25) is 0 Å². The number of aromatic amines is 1. The van der Waals surface area contributed by atoms with Gasteiger partial charge in [0.15, 0.2) is 0 Å². The second-order valence-electron chi connectivity index (χ2n) is 6.88. The highest BCUT2D eigenvalue weighted by atomic mass is 16.5. The average Bonchev–Trinajstić information content (AvgIpc) is 3.36. The first-order chi connectivity index (χ1) is 16.1. The maximum atomic E-state index is 12.7. The summed E-state index contributed by atoms with van der Waals surface area (Å²) in [5.41, 5.74) is 4.58. The Morgan fingerprint density at radius 1 is 1.15 bits per heavy atom. The zero-order valence-corrected chi connectivity index (χ0v) is 18.3. The molecule has 2 aromatic carbocycles. The van der Waals surface area contributed by atoms with E-state index in [9.17, 15) is 9.59 Å². The molecule has 0 saturated heterocycles. The highest BCUT2D eigenvalue weighted by Gasteiger charge is 2.22. The lowest BCUT2D eigenvalue weighted by Gasteiger charge is -2.16. The molecule has 2 amide bonds. The number of H-pyrrole nitrogens is 1. The van der Waals surface area contributed by atoms with Crippen molar-refractivity contribution < 1.29 is 23.8 Å². The second kappa shape index (κ2) is 11.9. The van der Waals surface area contributed by atoms with E-state index in [1.54, 1.807) is 31.5 Å². The number of amides is 2. The molecule has 0 saturated carbocycles. The third-order valence-corrected chi connectivity index (χ3v) is 4.62. The number of nitrogens with zero attached hydrogens (tertiary/aromatic N) is 2. The van der Waals surface area contributed by atoms with Crippen molar-refractivity contribution in [3.63, 3.8) is 0 Å². The maximum Gasteiger partial charge on any atom is 0.408 e. The largest absolute Gasteiger partial charge is 0.497 e. The van der Waals surface area contributed by atoms with Gasteiger partial charge in [-0.1, -0.05) is 30.3 Å². The number of aromatic nitrogens is 2. The van der Waals surface area contributed by atoms with E-state index in [0.717, 1.165) is 5.56 Å². The summed E-state index contributed by atoms with van der Waals surface area (Å²) in [5.74, 6) is 0.639. The fourth-order valence-corrected chi connectivity index (χ4v) is 2.90. The third kappa shape index (κ3) is 7.10. The number of benzene rings is 2. The molecular formula is C23H25N5O5. The summed E-state index contributed by atoms with van der Waals surface area (Å²) in [5, 5.41) is 6.57. The number of hydrazone groups is 1. The first kappa shape index (κ1) is 23.3. The van der Waals surface area contributed by atoms with Crippen LogP contribution in [-0.2, 0) is 22.6 Å². The predicted molar refractivity (Wildman–Crippen MR) is 121 cm³/mol. The molecule has 0 aliphatic rings. The zero-order chi connectivity index (χ0) is 23.5. The Morgan fingerprint density at radius 2 is 1.97 bits per heavy atom. The van der Waals surface area contributed by atoms with Crippen LogP contribution in [-0.4, -0.2) is 48.4 Å². The number of methoxy groups -OCH3 is 2. The lowest BCUT2D eigenvalue weighted by Crippen LogP contribution is -2.47. The molecule has 0 unspecified atom stereocenters. The molecule has 10 nitrogen and oxygen atoms in total. The van der Waals surface area contributed by atoms with Crippen molar-refractivity contribution in [2.75, 3.05) is 14.2 Å². The minimum absolute atomic E-state index is 0.0838. The Morgan fingerprint density at radius 3 is 2.67 bits per heavy atom. The quantitative estimate of drug-likeness (QED) is 0.321. The number of hydrogen-bond acceptors (Lipinski definition) is 7. The molecule has 0 aliphatic carbocycles. The highest BCUT2D eigenvalue weighted by Crippen LogP contribution is 2.23. The Hall–Kier alpha value is -4.34. The van der Waals surface area contributed by atoms with Gasteiger partial charge in [0.05, 0.1) is 26.8 Å². The van der Waals surface area contributed by atoms with E-state index in [4.69, 9.17) is 14.2 Å². The first-order valence-corrected chi connectivity index (χ1v) is 10.1. The molecule has 3 rings (SSSR count). The maximum absolute atomic E-state index is 12.7. The van der Waals surface area contributed by atoms with E-state index in [1.165, 1.54) is 19.7 Å². The molecule has 1 heterocycles. The number of alkyl carbamates (subject to hydrolysis) is 1. The molecule has 172 valence electrons. The van der Waals surface area contributed by atoms with Crippen molar-refractivity contribution in [3.8, 4) is 11.5 Å². The molecule has 3 aromatic rings. The Labute approximate surface area is 191 Å². The number of hydrogen-bond donors (Lipinski definition) is 3. The standard InChI is InChI=1S/C23H25N5O5/c1-31-19-9-8-17(21(11-19)32-2)12-26-28-22(29)20(10-18-13-24-15-25-18)27-23(30)33-14-16-6-4-3-5-7-16/h3-9,11-13,15,20H,10,14H2,1-2H3,(H,24,25)(H,27,30)(H,28,29)/b26-12-/t20-/m1/s1. The van der Waals surface area contributed by atoms with Crippen molar-refractivity contribution in [1.82, 2.24) is 20.7 Å². The number of carbonyl (C=O) groups is 2. The van der Waals surface area contributed by atoms with E-state index in [1.807, 2.05) is 30.3 Å². The summed E-state index contributed by atoms with van der Waals surface area (Å²) in [7, 11) is 3.08. The Bertz CT molecular complexity index is 1070. The third-order valence-electron chi connectivity index (χ3n) is 4.62. The zero-order valence-electron chi connectivity index (χ0n) is 18.3. The molecule has 0 fully saturated rings. The van der Waals surface area contributed by atoms with Crippen molar-refractivity contribution in [3.05, 3.63) is 77.9 Å². The summed E-state index contributed by atoms with van der Waals surface area (Å²) >= 11 is 0. The van der Waals surface area contributed by atoms with Crippen molar-refractivity contribution in [2.45, 2.75) is 19.1 Å².